The molecule has 0 spiro atoms. The summed E-state index contributed by atoms with van der Waals surface area (Å²) in [5.41, 5.74) is 2.43. The number of phenolic OH excluding ortho intramolecular Hbond substituents is 3. The standard InChI is InChI=1S/C25H17NO3S/c1-13-22(27)19-17-12-11-16-15-9-5-6-10-18(15)30-25(16)20(17)26(14-7-3-2-4-8-14)21(19)24(29)23(13)28/h2-12,27-29H,1H3. The van der Waals surface area contributed by atoms with Crippen LogP contribution in [0, 0.1) is 6.92 Å². The number of phenols is 3. The van der Waals surface area contributed by atoms with Crippen molar-refractivity contribution >= 4 is 53.3 Å². The van der Waals surface area contributed by atoms with E-state index >= 15 is 0 Å². The lowest BCUT2D eigenvalue weighted by Gasteiger charge is -2.11. The Kier molecular flexibility index (Phi) is 3.38. The first-order chi connectivity index (χ1) is 14.6. The SMILES string of the molecule is Cc1c(O)c(O)c2c(c1O)c1ccc3c4ccccc4sc3c1n2-c1ccccc1. The van der Waals surface area contributed by atoms with Crippen LogP contribution < -0.4 is 0 Å². The molecule has 2 aromatic heterocycles. The third-order valence-electron chi connectivity index (χ3n) is 5.88. The number of hydrogen-bond acceptors (Lipinski definition) is 4. The molecular weight excluding hydrogens is 394 g/mol. The summed E-state index contributed by atoms with van der Waals surface area (Å²) in [6, 6.07) is 22.1. The average molecular weight is 411 g/mol. The molecule has 6 rings (SSSR count). The maximum absolute atomic E-state index is 11.0. The number of aromatic hydroxyl groups is 3. The summed E-state index contributed by atoms with van der Waals surface area (Å²) in [5, 5.41) is 36.1. The minimum atomic E-state index is -0.299. The lowest BCUT2D eigenvalue weighted by Crippen LogP contribution is -1.94. The van der Waals surface area contributed by atoms with E-state index in [-0.39, 0.29) is 22.8 Å². The van der Waals surface area contributed by atoms with E-state index in [9.17, 15) is 15.3 Å². The number of benzene rings is 4. The molecule has 0 aliphatic heterocycles. The Labute approximate surface area is 175 Å². The predicted octanol–water partition coefficient (Wildman–Crippen LogP) is 6.58. The number of thiophene rings is 1. The van der Waals surface area contributed by atoms with Gasteiger partial charge < -0.3 is 19.9 Å². The molecule has 3 N–H and O–H groups in total. The molecule has 0 fully saturated rings. The number of para-hydroxylation sites is 1. The molecule has 4 nitrogen and oxygen atoms in total. The molecule has 0 aliphatic rings. The van der Waals surface area contributed by atoms with Gasteiger partial charge in [0.15, 0.2) is 11.5 Å². The number of fused-ring (bicyclic) bond motifs is 7. The molecule has 0 aliphatic carbocycles. The molecule has 0 amide bonds. The van der Waals surface area contributed by atoms with E-state index in [4.69, 9.17) is 0 Å². The van der Waals surface area contributed by atoms with Gasteiger partial charge in [-0.1, -0.05) is 48.5 Å². The van der Waals surface area contributed by atoms with Gasteiger partial charge in [0.05, 0.1) is 15.6 Å². The minimum absolute atomic E-state index is 0.0135. The second-order valence-corrected chi connectivity index (χ2v) is 8.55. The lowest BCUT2D eigenvalue weighted by atomic mass is 10.0. The Morgan fingerprint density at radius 3 is 2.17 bits per heavy atom. The van der Waals surface area contributed by atoms with Gasteiger partial charge in [-0.15, -0.1) is 11.3 Å². The maximum atomic E-state index is 11.0. The van der Waals surface area contributed by atoms with Gasteiger partial charge >= 0.3 is 0 Å². The van der Waals surface area contributed by atoms with Crippen molar-refractivity contribution in [1.29, 1.82) is 0 Å². The topological polar surface area (TPSA) is 65.6 Å². The van der Waals surface area contributed by atoms with Crippen molar-refractivity contribution in [2.45, 2.75) is 6.92 Å². The highest BCUT2D eigenvalue weighted by Gasteiger charge is 2.25. The fraction of sp³-hybridized carbons (Fsp3) is 0.0400. The third kappa shape index (κ3) is 2.05. The predicted molar refractivity (Wildman–Crippen MR) is 123 cm³/mol. The van der Waals surface area contributed by atoms with Crippen LogP contribution in [0.4, 0.5) is 0 Å². The first kappa shape index (κ1) is 17.2. The Bertz CT molecular complexity index is 1630. The fourth-order valence-electron chi connectivity index (χ4n) is 4.44. The van der Waals surface area contributed by atoms with Gasteiger partial charge in [-0.25, -0.2) is 0 Å². The van der Waals surface area contributed by atoms with Crippen molar-refractivity contribution in [2.24, 2.45) is 0 Å². The van der Waals surface area contributed by atoms with Crippen LogP contribution in [-0.4, -0.2) is 19.9 Å². The number of rotatable bonds is 1. The van der Waals surface area contributed by atoms with Crippen LogP contribution in [0.2, 0.25) is 0 Å². The Morgan fingerprint density at radius 1 is 0.667 bits per heavy atom. The van der Waals surface area contributed by atoms with E-state index in [1.807, 2.05) is 53.1 Å². The third-order valence-corrected chi connectivity index (χ3v) is 7.08. The smallest absolute Gasteiger partial charge is 0.183 e. The van der Waals surface area contributed by atoms with Gasteiger partial charge in [-0.2, -0.15) is 0 Å². The summed E-state index contributed by atoms with van der Waals surface area (Å²) in [6.07, 6.45) is 0. The van der Waals surface area contributed by atoms with Crippen molar-refractivity contribution < 1.29 is 15.3 Å². The van der Waals surface area contributed by atoms with E-state index in [0.29, 0.717) is 10.9 Å². The highest BCUT2D eigenvalue weighted by molar-refractivity contribution is 7.26. The zero-order valence-corrected chi connectivity index (χ0v) is 16.9. The Hall–Kier alpha value is -3.70. The van der Waals surface area contributed by atoms with E-state index in [1.54, 1.807) is 18.3 Å². The number of nitrogens with zero attached hydrogens (tertiary/aromatic N) is 1. The van der Waals surface area contributed by atoms with Crippen molar-refractivity contribution in [2.75, 3.05) is 0 Å². The largest absolute Gasteiger partial charge is 0.507 e. The van der Waals surface area contributed by atoms with Crippen molar-refractivity contribution in [3.05, 3.63) is 72.3 Å². The van der Waals surface area contributed by atoms with Crippen LogP contribution in [0.1, 0.15) is 5.56 Å². The maximum Gasteiger partial charge on any atom is 0.183 e. The summed E-state index contributed by atoms with van der Waals surface area (Å²) in [6.45, 7) is 1.60. The second-order valence-electron chi connectivity index (χ2n) is 7.50. The lowest BCUT2D eigenvalue weighted by molar-refractivity contribution is 0.397. The number of aromatic nitrogens is 1. The average Bonchev–Trinajstić information content (AvgIpc) is 3.33. The van der Waals surface area contributed by atoms with Crippen LogP contribution >= 0.6 is 11.3 Å². The molecule has 0 bridgehead atoms. The molecule has 4 aromatic carbocycles. The Balaban J connectivity index is 1.97. The molecule has 2 heterocycles. The molecule has 5 heteroatoms. The monoisotopic (exact) mass is 411 g/mol. The van der Waals surface area contributed by atoms with E-state index < -0.39 is 0 Å². The normalized spacial score (nSPS) is 11.9. The highest BCUT2D eigenvalue weighted by atomic mass is 32.1. The molecule has 0 atom stereocenters. The van der Waals surface area contributed by atoms with Gasteiger partial charge in [-0.05, 0) is 25.1 Å². The van der Waals surface area contributed by atoms with E-state index in [1.165, 1.54) is 10.1 Å². The summed E-state index contributed by atoms with van der Waals surface area (Å²) in [4.78, 5) is 0. The van der Waals surface area contributed by atoms with Gasteiger partial charge in [0.25, 0.3) is 0 Å². The van der Waals surface area contributed by atoms with Gasteiger partial charge in [0.2, 0.25) is 0 Å². The van der Waals surface area contributed by atoms with Gasteiger partial charge in [-0.3, -0.25) is 0 Å². The zero-order chi connectivity index (χ0) is 20.6. The first-order valence-corrected chi connectivity index (χ1v) is 10.5. The molecular formula is C25H17NO3S. The van der Waals surface area contributed by atoms with Crippen LogP contribution in [0.5, 0.6) is 17.2 Å². The summed E-state index contributed by atoms with van der Waals surface area (Å²) in [5.74, 6) is -0.539. The number of hydrogen-bond donors (Lipinski definition) is 3. The molecule has 30 heavy (non-hydrogen) atoms. The fourth-order valence-corrected chi connectivity index (χ4v) is 5.68. The molecule has 0 saturated heterocycles. The molecule has 0 radical (unpaired) electrons. The van der Waals surface area contributed by atoms with Gasteiger partial charge in [0.1, 0.15) is 11.3 Å². The van der Waals surface area contributed by atoms with Crippen molar-refractivity contribution in [3.63, 3.8) is 0 Å². The summed E-state index contributed by atoms with van der Waals surface area (Å²) >= 11 is 1.69. The van der Waals surface area contributed by atoms with Crippen LogP contribution in [0.3, 0.4) is 0 Å². The van der Waals surface area contributed by atoms with Crippen LogP contribution in [0.25, 0.3) is 47.7 Å². The summed E-state index contributed by atoms with van der Waals surface area (Å²) < 4.78 is 4.19. The van der Waals surface area contributed by atoms with Crippen LogP contribution in [-0.2, 0) is 0 Å². The molecule has 6 aromatic rings. The van der Waals surface area contributed by atoms with Crippen molar-refractivity contribution in [1.82, 2.24) is 4.57 Å². The minimum Gasteiger partial charge on any atom is -0.507 e. The van der Waals surface area contributed by atoms with E-state index in [0.717, 1.165) is 26.7 Å². The highest BCUT2D eigenvalue weighted by Crippen LogP contribution is 2.51. The van der Waals surface area contributed by atoms with Gasteiger partial charge in [0, 0.05) is 32.1 Å². The van der Waals surface area contributed by atoms with Crippen LogP contribution in [0.15, 0.2) is 66.7 Å². The second kappa shape index (κ2) is 5.90. The quantitative estimate of drug-likeness (QED) is 0.212. The summed E-state index contributed by atoms with van der Waals surface area (Å²) in [7, 11) is 0. The van der Waals surface area contributed by atoms with E-state index in [2.05, 4.69) is 18.2 Å². The zero-order valence-electron chi connectivity index (χ0n) is 16.0. The first-order valence-electron chi connectivity index (χ1n) is 9.65. The molecule has 146 valence electrons. The molecule has 0 saturated carbocycles. The Morgan fingerprint density at radius 2 is 1.37 bits per heavy atom. The van der Waals surface area contributed by atoms with Crippen molar-refractivity contribution in [3.8, 4) is 22.9 Å². The molecule has 0 unspecified atom stereocenters.